The molecule has 0 atom stereocenters. The molecule has 10 heteroatoms. The van der Waals surface area contributed by atoms with Crippen molar-refractivity contribution < 1.29 is 31.5 Å². The smallest absolute Gasteiger partial charge is 0.243 e. The molecular formula is C24H28F2N2O5S. The van der Waals surface area contributed by atoms with Crippen LogP contribution in [0.2, 0.25) is 0 Å². The Kier molecular flexibility index (Phi) is 6.82. The number of piperazine rings is 1. The van der Waals surface area contributed by atoms with E-state index in [0.717, 1.165) is 23.4 Å². The number of carbonyl (C=O) groups is 1. The number of hydrogen-bond acceptors (Lipinski definition) is 5. The summed E-state index contributed by atoms with van der Waals surface area (Å²) in [6.07, 6.45) is 1.05. The normalized spacial score (nSPS) is 16.8. The van der Waals surface area contributed by atoms with E-state index in [1.165, 1.54) is 10.4 Å². The Morgan fingerprint density at radius 2 is 1.79 bits per heavy atom. The molecule has 0 saturated carbocycles. The quantitative estimate of drug-likeness (QED) is 0.591. The molecule has 0 unspecified atom stereocenters. The van der Waals surface area contributed by atoms with Crippen LogP contribution < -0.4 is 9.47 Å². The van der Waals surface area contributed by atoms with Crippen molar-refractivity contribution in [1.82, 2.24) is 9.21 Å². The molecule has 1 amide bonds. The molecule has 34 heavy (non-hydrogen) atoms. The number of halogens is 2. The molecule has 4 rings (SSSR count). The predicted molar refractivity (Wildman–Crippen MR) is 121 cm³/mol. The highest BCUT2D eigenvalue weighted by atomic mass is 32.2. The fourth-order valence-electron chi connectivity index (χ4n) is 4.13. The van der Waals surface area contributed by atoms with Gasteiger partial charge < -0.3 is 14.4 Å². The van der Waals surface area contributed by atoms with Crippen molar-refractivity contribution in [1.29, 1.82) is 0 Å². The lowest BCUT2D eigenvalue weighted by molar-refractivity contribution is -0.142. The predicted octanol–water partition coefficient (Wildman–Crippen LogP) is 3.23. The summed E-state index contributed by atoms with van der Waals surface area (Å²) >= 11 is 0. The third kappa shape index (κ3) is 5.02. The van der Waals surface area contributed by atoms with Crippen LogP contribution in [0.4, 0.5) is 8.78 Å². The highest BCUT2D eigenvalue weighted by Crippen LogP contribution is 2.30. The van der Waals surface area contributed by atoms with E-state index in [0.29, 0.717) is 32.5 Å². The Labute approximate surface area is 198 Å². The zero-order chi connectivity index (χ0) is 24.5. The number of fused-ring (bicyclic) bond motifs is 1. The van der Waals surface area contributed by atoms with E-state index in [9.17, 15) is 22.0 Å². The van der Waals surface area contributed by atoms with E-state index in [1.807, 2.05) is 0 Å². The van der Waals surface area contributed by atoms with Crippen molar-refractivity contribution in [3.8, 4) is 11.5 Å². The molecule has 0 N–H and O–H groups in total. The van der Waals surface area contributed by atoms with Gasteiger partial charge in [-0.2, -0.15) is 4.31 Å². The van der Waals surface area contributed by atoms with E-state index in [4.69, 9.17) is 9.47 Å². The van der Waals surface area contributed by atoms with E-state index < -0.39 is 27.1 Å². The van der Waals surface area contributed by atoms with Crippen LogP contribution in [-0.4, -0.2) is 62.9 Å². The van der Waals surface area contributed by atoms with Crippen molar-refractivity contribution in [2.24, 2.45) is 5.41 Å². The van der Waals surface area contributed by atoms with Crippen LogP contribution in [0.3, 0.4) is 0 Å². The maximum absolute atomic E-state index is 13.3. The number of carbonyl (C=O) groups excluding carboxylic acids is 1. The first-order chi connectivity index (χ1) is 16.1. The van der Waals surface area contributed by atoms with E-state index >= 15 is 0 Å². The summed E-state index contributed by atoms with van der Waals surface area (Å²) < 4.78 is 64.9. The molecule has 0 aromatic heterocycles. The lowest BCUT2D eigenvalue weighted by Gasteiger charge is -2.38. The minimum absolute atomic E-state index is 0.104. The molecule has 2 aromatic carbocycles. The molecule has 2 aromatic rings. The summed E-state index contributed by atoms with van der Waals surface area (Å²) in [6.45, 7) is 5.30. The Balaban J connectivity index is 1.31. The largest absolute Gasteiger partial charge is 0.493 e. The Morgan fingerprint density at radius 3 is 2.50 bits per heavy atom. The second-order valence-electron chi connectivity index (χ2n) is 9.12. The second kappa shape index (κ2) is 9.50. The molecular weight excluding hydrogens is 466 g/mol. The molecule has 2 aliphatic rings. The number of hydrogen-bond donors (Lipinski definition) is 0. The average Bonchev–Trinajstić information content (AvgIpc) is 3.29. The third-order valence-corrected chi connectivity index (χ3v) is 8.18. The van der Waals surface area contributed by atoms with Crippen LogP contribution >= 0.6 is 0 Å². The fourth-order valence-corrected chi connectivity index (χ4v) is 5.60. The number of sulfonamides is 1. The van der Waals surface area contributed by atoms with E-state index in [2.05, 4.69) is 0 Å². The number of ether oxygens (including phenoxy) is 2. The average molecular weight is 495 g/mol. The van der Waals surface area contributed by atoms with Crippen molar-refractivity contribution in [2.45, 2.75) is 31.6 Å². The highest BCUT2D eigenvalue weighted by Gasteiger charge is 2.36. The first kappa shape index (κ1) is 24.4. The van der Waals surface area contributed by atoms with Crippen molar-refractivity contribution in [2.75, 3.05) is 39.4 Å². The van der Waals surface area contributed by atoms with Gasteiger partial charge >= 0.3 is 0 Å². The van der Waals surface area contributed by atoms with Gasteiger partial charge in [-0.25, -0.2) is 17.2 Å². The topological polar surface area (TPSA) is 76.2 Å². The zero-order valence-corrected chi connectivity index (χ0v) is 20.0. The maximum atomic E-state index is 13.3. The SMILES string of the molecule is CC(C)(CCOc1ccc(F)c(F)c1)C(=O)N1CCN(S(=O)(=O)c2ccc3c(c2)CCO3)CC1. The molecule has 0 bridgehead atoms. The summed E-state index contributed by atoms with van der Waals surface area (Å²) in [6, 6.07) is 8.22. The Morgan fingerprint density at radius 1 is 1.06 bits per heavy atom. The number of benzene rings is 2. The van der Waals surface area contributed by atoms with Gasteiger partial charge in [-0.1, -0.05) is 13.8 Å². The summed E-state index contributed by atoms with van der Waals surface area (Å²) in [5.74, 6) is -1.12. The Hall–Kier alpha value is -2.72. The van der Waals surface area contributed by atoms with Gasteiger partial charge in [0.15, 0.2) is 11.6 Å². The van der Waals surface area contributed by atoms with Crippen LogP contribution in [0.5, 0.6) is 11.5 Å². The molecule has 1 fully saturated rings. The summed E-state index contributed by atoms with van der Waals surface area (Å²) in [7, 11) is -3.66. The van der Waals surface area contributed by atoms with Gasteiger partial charge in [0, 0.05) is 44.1 Å². The third-order valence-electron chi connectivity index (χ3n) is 6.29. The Bertz CT molecular complexity index is 1180. The van der Waals surface area contributed by atoms with Crippen LogP contribution in [0.15, 0.2) is 41.3 Å². The summed E-state index contributed by atoms with van der Waals surface area (Å²) in [5.41, 5.74) is 0.127. The lowest BCUT2D eigenvalue weighted by atomic mass is 9.87. The first-order valence-electron chi connectivity index (χ1n) is 11.2. The maximum Gasteiger partial charge on any atom is 0.243 e. The molecule has 0 spiro atoms. The zero-order valence-electron chi connectivity index (χ0n) is 19.2. The lowest BCUT2D eigenvalue weighted by Crippen LogP contribution is -2.53. The van der Waals surface area contributed by atoms with Gasteiger partial charge in [0.05, 0.1) is 18.1 Å². The van der Waals surface area contributed by atoms with Crippen molar-refractivity contribution >= 4 is 15.9 Å². The molecule has 184 valence electrons. The van der Waals surface area contributed by atoms with E-state index in [1.54, 1.807) is 36.9 Å². The second-order valence-corrected chi connectivity index (χ2v) is 11.1. The molecule has 7 nitrogen and oxygen atoms in total. The number of amides is 1. The summed E-state index contributed by atoms with van der Waals surface area (Å²) in [4.78, 5) is 15.0. The minimum atomic E-state index is -3.66. The monoisotopic (exact) mass is 494 g/mol. The van der Waals surface area contributed by atoms with Crippen molar-refractivity contribution in [3.05, 3.63) is 53.6 Å². The standard InChI is InChI=1S/C24H28F2N2O5S/c1-24(2,8-14-32-18-3-5-20(25)21(26)16-18)23(29)27-9-11-28(12-10-27)34(30,31)19-4-6-22-17(15-19)7-13-33-22/h3-6,15-16H,7-14H2,1-2H3. The van der Waals surface area contributed by atoms with Crippen LogP contribution in [0.25, 0.3) is 0 Å². The number of nitrogens with zero attached hydrogens (tertiary/aromatic N) is 2. The molecule has 2 heterocycles. The van der Waals surface area contributed by atoms with Gasteiger partial charge in [-0.05, 0) is 42.3 Å². The molecule has 0 radical (unpaired) electrons. The van der Waals surface area contributed by atoms with Gasteiger partial charge in [0.2, 0.25) is 15.9 Å². The molecule has 1 saturated heterocycles. The first-order valence-corrected chi connectivity index (χ1v) is 12.6. The highest BCUT2D eigenvalue weighted by molar-refractivity contribution is 7.89. The van der Waals surface area contributed by atoms with Crippen LogP contribution in [-0.2, 0) is 21.2 Å². The minimum Gasteiger partial charge on any atom is -0.493 e. The molecule has 2 aliphatic heterocycles. The van der Waals surface area contributed by atoms with Gasteiger partial charge in [0.25, 0.3) is 0 Å². The van der Waals surface area contributed by atoms with Crippen molar-refractivity contribution in [3.63, 3.8) is 0 Å². The van der Waals surface area contributed by atoms with E-state index in [-0.39, 0.29) is 36.2 Å². The summed E-state index contributed by atoms with van der Waals surface area (Å²) in [5, 5.41) is 0. The van der Waals surface area contributed by atoms with Gasteiger partial charge in [-0.3, -0.25) is 4.79 Å². The van der Waals surface area contributed by atoms with Gasteiger partial charge in [-0.15, -0.1) is 0 Å². The van der Waals surface area contributed by atoms with Crippen LogP contribution in [0.1, 0.15) is 25.8 Å². The molecule has 0 aliphatic carbocycles. The fraction of sp³-hybridized carbons (Fsp3) is 0.458. The van der Waals surface area contributed by atoms with Crippen LogP contribution in [0, 0.1) is 17.0 Å². The van der Waals surface area contributed by atoms with Gasteiger partial charge in [0.1, 0.15) is 11.5 Å². The number of rotatable bonds is 7.